The van der Waals surface area contributed by atoms with Crippen LogP contribution in [0.1, 0.15) is 12.0 Å². The fraction of sp³-hybridized carbons (Fsp3) is 0.0417. The Balaban J connectivity index is 1.99. The van der Waals surface area contributed by atoms with E-state index in [2.05, 4.69) is 12.1 Å². The van der Waals surface area contributed by atoms with Gasteiger partial charge in [-0.1, -0.05) is 66.7 Å². The van der Waals surface area contributed by atoms with Gasteiger partial charge in [-0.3, -0.25) is 4.90 Å². The van der Waals surface area contributed by atoms with Crippen LogP contribution >= 0.6 is 0 Å². The first-order valence-corrected chi connectivity index (χ1v) is 9.18. The summed E-state index contributed by atoms with van der Waals surface area (Å²) in [7, 11) is 0. The number of amidine groups is 1. The molecule has 0 bridgehead atoms. The third-order valence-electron chi connectivity index (χ3n) is 4.53. The molecule has 0 atom stereocenters. The van der Waals surface area contributed by atoms with Gasteiger partial charge in [-0.15, -0.1) is 5.10 Å². The van der Waals surface area contributed by atoms with E-state index < -0.39 is 0 Å². The largest absolute Gasteiger partial charge is 0.276 e. The fourth-order valence-electron chi connectivity index (χ4n) is 3.24. The van der Waals surface area contributed by atoms with Gasteiger partial charge in [0.05, 0.1) is 29.8 Å². The molecule has 5 nitrogen and oxygen atoms in total. The lowest BCUT2D eigenvalue weighted by Crippen LogP contribution is -2.30. The van der Waals surface area contributed by atoms with Crippen molar-refractivity contribution in [3.63, 3.8) is 0 Å². The van der Waals surface area contributed by atoms with Gasteiger partial charge in [0, 0.05) is 11.3 Å². The summed E-state index contributed by atoms with van der Waals surface area (Å²) in [5, 5.41) is 25.8. The normalized spacial score (nSPS) is 14.8. The predicted octanol–water partition coefficient (Wildman–Crippen LogP) is 5.02. The van der Waals surface area contributed by atoms with Crippen LogP contribution in [0.4, 0.5) is 11.4 Å². The topological polar surface area (TPSA) is 66.4 Å². The number of nitriles is 2. The zero-order valence-electron chi connectivity index (χ0n) is 15.6. The van der Waals surface area contributed by atoms with Crippen molar-refractivity contribution in [3.8, 4) is 12.1 Å². The smallest absolute Gasteiger partial charge is 0.167 e. The number of para-hydroxylation sites is 2. The van der Waals surface area contributed by atoms with Gasteiger partial charge in [-0.05, 0) is 24.3 Å². The second-order valence-electron chi connectivity index (χ2n) is 6.36. The van der Waals surface area contributed by atoms with Crippen LogP contribution in [-0.2, 0) is 0 Å². The summed E-state index contributed by atoms with van der Waals surface area (Å²) in [6.07, 6.45) is -0.00388. The standard InChI is InChI=1S/C24H17N5/c25-17-16-20(18-26)24-28(21-12-6-2-7-13-21)23(19-10-4-1-5-11-19)27-29(24)22-14-8-3-9-15-22/h1-15H,16H2/b24-20-. The van der Waals surface area contributed by atoms with Gasteiger partial charge in [-0.2, -0.15) is 10.5 Å². The minimum atomic E-state index is -0.00388. The van der Waals surface area contributed by atoms with E-state index >= 15 is 0 Å². The molecule has 0 aliphatic carbocycles. The molecule has 0 saturated carbocycles. The summed E-state index contributed by atoms with van der Waals surface area (Å²) in [5.74, 6) is 1.27. The quantitative estimate of drug-likeness (QED) is 0.600. The van der Waals surface area contributed by atoms with E-state index in [9.17, 15) is 10.5 Å². The molecule has 1 aliphatic rings. The molecule has 0 saturated heterocycles. The highest BCUT2D eigenvalue weighted by atomic mass is 15.6. The Morgan fingerprint density at radius 3 is 1.86 bits per heavy atom. The van der Waals surface area contributed by atoms with E-state index in [1.54, 1.807) is 5.01 Å². The molecule has 5 heteroatoms. The highest BCUT2D eigenvalue weighted by Gasteiger charge is 2.34. The van der Waals surface area contributed by atoms with Crippen molar-refractivity contribution >= 4 is 17.2 Å². The molecule has 4 rings (SSSR count). The molecule has 0 unspecified atom stereocenters. The van der Waals surface area contributed by atoms with Gasteiger partial charge in [0.1, 0.15) is 0 Å². The molecule has 0 aromatic heterocycles. The van der Waals surface area contributed by atoms with E-state index in [1.807, 2.05) is 95.9 Å². The summed E-state index contributed by atoms with van der Waals surface area (Å²) in [5.41, 5.74) is 2.96. The van der Waals surface area contributed by atoms with Crippen molar-refractivity contribution in [1.82, 2.24) is 0 Å². The maximum Gasteiger partial charge on any atom is 0.167 e. The molecule has 0 spiro atoms. The van der Waals surface area contributed by atoms with E-state index in [-0.39, 0.29) is 6.42 Å². The highest BCUT2D eigenvalue weighted by Crippen LogP contribution is 2.36. The van der Waals surface area contributed by atoms with Crippen LogP contribution < -0.4 is 9.91 Å². The Kier molecular flexibility index (Phi) is 5.05. The Bertz CT molecular complexity index is 1140. The lowest BCUT2D eigenvalue weighted by atomic mass is 10.1. The van der Waals surface area contributed by atoms with Crippen molar-refractivity contribution in [2.75, 3.05) is 9.91 Å². The molecule has 0 radical (unpaired) electrons. The minimum absolute atomic E-state index is 0.00388. The second-order valence-corrected chi connectivity index (χ2v) is 6.36. The number of hydrogen-bond acceptors (Lipinski definition) is 5. The van der Waals surface area contributed by atoms with Crippen molar-refractivity contribution < 1.29 is 0 Å². The van der Waals surface area contributed by atoms with Crippen LogP contribution in [-0.4, -0.2) is 5.84 Å². The molecule has 0 fully saturated rings. The van der Waals surface area contributed by atoms with Gasteiger partial charge in [0.2, 0.25) is 0 Å². The van der Waals surface area contributed by atoms with Crippen molar-refractivity contribution in [2.24, 2.45) is 5.10 Å². The van der Waals surface area contributed by atoms with Crippen LogP contribution in [0.5, 0.6) is 0 Å². The third-order valence-corrected chi connectivity index (χ3v) is 4.53. The molecule has 3 aromatic carbocycles. The van der Waals surface area contributed by atoms with Gasteiger partial charge >= 0.3 is 0 Å². The Labute approximate surface area is 169 Å². The van der Waals surface area contributed by atoms with Crippen molar-refractivity contribution in [1.29, 1.82) is 10.5 Å². The fourth-order valence-corrected chi connectivity index (χ4v) is 3.24. The number of allylic oxidation sites excluding steroid dienone is 1. The maximum atomic E-state index is 9.84. The Morgan fingerprint density at radius 2 is 1.31 bits per heavy atom. The molecular weight excluding hydrogens is 358 g/mol. The number of hydrogen-bond donors (Lipinski definition) is 0. The average molecular weight is 375 g/mol. The number of anilines is 2. The number of benzene rings is 3. The first kappa shape index (κ1) is 18.0. The van der Waals surface area contributed by atoms with Crippen molar-refractivity contribution in [2.45, 2.75) is 6.42 Å². The summed E-state index contributed by atoms with van der Waals surface area (Å²) >= 11 is 0. The summed E-state index contributed by atoms with van der Waals surface area (Å²) < 4.78 is 0. The summed E-state index contributed by atoms with van der Waals surface area (Å²) in [6, 6.07) is 33.6. The molecule has 138 valence electrons. The van der Waals surface area contributed by atoms with Crippen LogP contribution in [0.15, 0.2) is 107 Å². The molecule has 1 heterocycles. The molecule has 3 aromatic rings. The van der Waals surface area contributed by atoms with Crippen molar-refractivity contribution in [3.05, 3.63) is 108 Å². The molecular formula is C24H17N5. The van der Waals surface area contributed by atoms with Crippen LogP contribution in [0.3, 0.4) is 0 Å². The number of hydrazone groups is 1. The molecule has 0 N–H and O–H groups in total. The molecule has 29 heavy (non-hydrogen) atoms. The zero-order valence-corrected chi connectivity index (χ0v) is 15.6. The Morgan fingerprint density at radius 1 is 0.759 bits per heavy atom. The predicted molar refractivity (Wildman–Crippen MR) is 114 cm³/mol. The zero-order chi connectivity index (χ0) is 20.1. The summed E-state index contributed by atoms with van der Waals surface area (Å²) in [6.45, 7) is 0. The van der Waals surface area contributed by atoms with Crippen LogP contribution in [0, 0.1) is 22.7 Å². The maximum absolute atomic E-state index is 9.84. The Hall–Kier alpha value is -4.35. The molecule has 1 aliphatic heterocycles. The first-order chi connectivity index (χ1) is 14.3. The lowest BCUT2D eigenvalue weighted by molar-refractivity contribution is 0.993. The van der Waals surface area contributed by atoms with E-state index in [1.165, 1.54) is 0 Å². The lowest BCUT2D eigenvalue weighted by Gasteiger charge is -2.25. The van der Waals surface area contributed by atoms with E-state index in [0.717, 1.165) is 16.9 Å². The monoisotopic (exact) mass is 375 g/mol. The van der Waals surface area contributed by atoms with E-state index in [4.69, 9.17) is 5.10 Å². The second kappa shape index (κ2) is 8.12. The third kappa shape index (κ3) is 3.45. The summed E-state index contributed by atoms with van der Waals surface area (Å²) in [4.78, 5) is 1.94. The SMILES string of the molecule is N#CC/C(C#N)=C1/N(c2ccccc2)N=C(c2ccccc2)N1c1ccccc1. The molecule has 0 amide bonds. The van der Waals surface area contributed by atoms with Gasteiger partial charge in [-0.25, -0.2) is 5.01 Å². The first-order valence-electron chi connectivity index (χ1n) is 9.18. The highest BCUT2D eigenvalue weighted by molar-refractivity contribution is 6.15. The van der Waals surface area contributed by atoms with Gasteiger partial charge < -0.3 is 0 Å². The average Bonchev–Trinajstić information content (AvgIpc) is 3.19. The van der Waals surface area contributed by atoms with E-state index in [0.29, 0.717) is 17.2 Å². The number of rotatable bonds is 4. The van der Waals surface area contributed by atoms with Gasteiger partial charge in [0.25, 0.3) is 0 Å². The van der Waals surface area contributed by atoms with Crippen LogP contribution in [0.25, 0.3) is 0 Å². The van der Waals surface area contributed by atoms with Crippen LogP contribution in [0.2, 0.25) is 0 Å². The van der Waals surface area contributed by atoms with Gasteiger partial charge in [0.15, 0.2) is 11.7 Å². The number of nitrogens with zero attached hydrogens (tertiary/aromatic N) is 5. The minimum Gasteiger partial charge on any atom is -0.276 e.